The van der Waals surface area contributed by atoms with E-state index in [9.17, 15) is 18.0 Å². The molecule has 4 atom stereocenters. The number of benzene rings is 1. The summed E-state index contributed by atoms with van der Waals surface area (Å²) in [6.07, 6.45) is 1.91. The molecule has 3 aliphatic rings. The van der Waals surface area contributed by atoms with Crippen molar-refractivity contribution in [2.45, 2.75) is 56.8 Å². The number of halogens is 3. The molecule has 0 radical (unpaired) electrons. The number of nitrogens with one attached hydrogen (secondary N) is 1. The highest BCUT2D eigenvalue weighted by Crippen LogP contribution is 2.38. The first-order chi connectivity index (χ1) is 18.8. The van der Waals surface area contributed by atoms with Crippen molar-refractivity contribution >= 4 is 5.91 Å². The maximum atomic E-state index is 14.1. The number of ether oxygens (including phenoxy) is 3. The van der Waals surface area contributed by atoms with E-state index in [0.717, 1.165) is 24.2 Å². The minimum atomic E-state index is -4.49. The van der Waals surface area contributed by atoms with Crippen LogP contribution in [0.2, 0.25) is 0 Å². The number of carbonyl (C=O) groups is 1. The summed E-state index contributed by atoms with van der Waals surface area (Å²) in [4.78, 5) is 19.8. The number of amides is 1. The van der Waals surface area contributed by atoms with Gasteiger partial charge in [0.05, 0.1) is 36.9 Å². The second kappa shape index (κ2) is 11.8. The van der Waals surface area contributed by atoms with E-state index in [1.807, 2.05) is 42.5 Å². The van der Waals surface area contributed by atoms with Gasteiger partial charge < -0.3 is 24.4 Å². The van der Waals surface area contributed by atoms with Crippen LogP contribution in [0.4, 0.5) is 13.2 Å². The maximum absolute atomic E-state index is 14.1. The van der Waals surface area contributed by atoms with E-state index >= 15 is 0 Å². The van der Waals surface area contributed by atoms with Gasteiger partial charge in [-0.05, 0) is 30.0 Å². The predicted octanol–water partition coefficient (Wildman–Crippen LogP) is 3.91. The van der Waals surface area contributed by atoms with Crippen molar-refractivity contribution in [3.8, 4) is 0 Å². The SMILES string of the molecule is CO[C@@H]1COCC[C@@H]1N[C@@H]1C=C[C@](COCc2ccccc2)(C(=O)N2CCc3ncc(C(F)(F)F)cc3C2)C1. The van der Waals surface area contributed by atoms with Crippen LogP contribution >= 0.6 is 0 Å². The van der Waals surface area contributed by atoms with Gasteiger partial charge in [-0.25, -0.2) is 0 Å². The number of methoxy groups -OCH3 is 1. The largest absolute Gasteiger partial charge is 0.417 e. The first-order valence-corrected chi connectivity index (χ1v) is 13.3. The normalized spacial score (nSPS) is 27.0. The third-order valence-electron chi connectivity index (χ3n) is 7.82. The Bertz CT molecular complexity index is 1180. The molecule has 10 heteroatoms. The number of nitrogens with zero attached hydrogens (tertiary/aromatic N) is 2. The molecular formula is C29H34F3N3O4. The van der Waals surface area contributed by atoms with Gasteiger partial charge in [0.25, 0.3) is 0 Å². The van der Waals surface area contributed by atoms with Crippen molar-refractivity contribution < 1.29 is 32.2 Å². The van der Waals surface area contributed by atoms with Crippen molar-refractivity contribution in [3.05, 3.63) is 77.1 Å². The minimum absolute atomic E-state index is 0.0781. The lowest BCUT2D eigenvalue weighted by Gasteiger charge is -2.37. The molecule has 1 aromatic carbocycles. The zero-order valence-electron chi connectivity index (χ0n) is 22.0. The molecule has 3 heterocycles. The quantitative estimate of drug-likeness (QED) is 0.508. The van der Waals surface area contributed by atoms with Gasteiger partial charge in [-0.2, -0.15) is 13.2 Å². The molecule has 1 fully saturated rings. The van der Waals surface area contributed by atoms with E-state index in [4.69, 9.17) is 14.2 Å². The second-order valence-corrected chi connectivity index (χ2v) is 10.5. The molecule has 39 heavy (non-hydrogen) atoms. The van der Waals surface area contributed by atoms with Gasteiger partial charge in [0.15, 0.2) is 0 Å². The third kappa shape index (κ3) is 6.35. The Kier molecular flexibility index (Phi) is 8.37. The lowest BCUT2D eigenvalue weighted by atomic mass is 9.84. The van der Waals surface area contributed by atoms with Gasteiger partial charge >= 0.3 is 6.18 Å². The van der Waals surface area contributed by atoms with Crippen LogP contribution in [0.3, 0.4) is 0 Å². The number of carbonyl (C=O) groups excluding carboxylic acids is 1. The molecule has 1 aliphatic carbocycles. The molecule has 0 unspecified atom stereocenters. The molecule has 210 valence electrons. The summed E-state index contributed by atoms with van der Waals surface area (Å²) < 4.78 is 57.2. The fourth-order valence-corrected chi connectivity index (χ4v) is 5.68. The molecule has 0 spiro atoms. The van der Waals surface area contributed by atoms with E-state index in [0.29, 0.717) is 50.5 Å². The fraction of sp³-hybridized carbons (Fsp3) is 0.517. The lowest BCUT2D eigenvalue weighted by molar-refractivity contribution is -0.144. The number of hydrogen-bond acceptors (Lipinski definition) is 6. The van der Waals surface area contributed by atoms with Crippen LogP contribution < -0.4 is 5.32 Å². The molecule has 7 nitrogen and oxygen atoms in total. The van der Waals surface area contributed by atoms with Crippen LogP contribution in [0, 0.1) is 5.41 Å². The van der Waals surface area contributed by atoms with E-state index in [2.05, 4.69) is 10.3 Å². The van der Waals surface area contributed by atoms with Crippen molar-refractivity contribution in [1.29, 1.82) is 0 Å². The highest BCUT2D eigenvalue weighted by atomic mass is 19.4. The fourth-order valence-electron chi connectivity index (χ4n) is 5.68. The lowest BCUT2D eigenvalue weighted by Crippen LogP contribution is -2.52. The molecule has 1 N–H and O–H groups in total. The van der Waals surface area contributed by atoms with E-state index < -0.39 is 17.2 Å². The number of hydrogen-bond donors (Lipinski definition) is 1. The summed E-state index contributed by atoms with van der Waals surface area (Å²) in [5.41, 5.74) is 0.303. The first kappa shape index (κ1) is 27.8. The van der Waals surface area contributed by atoms with E-state index in [1.165, 1.54) is 0 Å². The average molecular weight is 546 g/mol. The van der Waals surface area contributed by atoms with Crippen molar-refractivity contribution in [2.75, 3.05) is 33.5 Å². The van der Waals surface area contributed by atoms with Gasteiger partial charge in [0.1, 0.15) is 0 Å². The summed E-state index contributed by atoms with van der Waals surface area (Å²) in [7, 11) is 1.66. The highest BCUT2D eigenvalue weighted by molar-refractivity contribution is 5.86. The third-order valence-corrected chi connectivity index (χ3v) is 7.82. The number of fused-ring (bicyclic) bond motifs is 1. The van der Waals surface area contributed by atoms with Gasteiger partial charge in [-0.15, -0.1) is 0 Å². The predicted molar refractivity (Wildman–Crippen MR) is 138 cm³/mol. The van der Waals surface area contributed by atoms with Crippen LogP contribution in [-0.4, -0.2) is 67.5 Å². The molecule has 1 saturated heterocycles. The zero-order valence-corrected chi connectivity index (χ0v) is 22.0. The zero-order chi connectivity index (χ0) is 27.5. The standard InChI is InChI=1S/C29H34F3N3O4/c1-37-26-18-38-12-9-25(26)34-23-7-10-28(14-23,19-39-17-20-5-3-2-4-6-20)27(36)35-11-8-24-21(16-35)13-22(15-33-24)29(30,31)32/h2-7,10,13,15,23,25-26,34H,8-9,11-12,14,16-19H2,1H3/t23-,25+,26-,28+/m1/s1. The molecule has 0 saturated carbocycles. The molecule has 2 aromatic rings. The molecule has 1 amide bonds. The molecule has 5 rings (SSSR count). The Morgan fingerprint density at radius 2 is 2.10 bits per heavy atom. The number of rotatable bonds is 8. The highest BCUT2D eigenvalue weighted by Gasteiger charge is 2.46. The Hall–Kier alpha value is -2.79. The first-order valence-electron chi connectivity index (χ1n) is 13.3. The number of alkyl halides is 3. The van der Waals surface area contributed by atoms with Gasteiger partial charge in [-0.3, -0.25) is 9.78 Å². The van der Waals surface area contributed by atoms with Crippen LogP contribution in [-0.2, 0) is 44.8 Å². The van der Waals surface area contributed by atoms with Crippen molar-refractivity contribution in [2.24, 2.45) is 5.41 Å². The second-order valence-electron chi connectivity index (χ2n) is 10.5. The maximum Gasteiger partial charge on any atom is 0.417 e. The Morgan fingerprint density at radius 3 is 2.87 bits per heavy atom. The summed E-state index contributed by atoms with van der Waals surface area (Å²) in [5.74, 6) is -0.144. The van der Waals surface area contributed by atoms with E-state index in [-0.39, 0.29) is 37.2 Å². The molecule has 2 aliphatic heterocycles. The smallest absolute Gasteiger partial charge is 0.379 e. The molecular weight excluding hydrogens is 511 g/mol. The Morgan fingerprint density at radius 1 is 1.28 bits per heavy atom. The van der Waals surface area contributed by atoms with Gasteiger partial charge in [-0.1, -0.05) is 42.5 Å². The van der Waals surface area contributed by atoms with Gasteiger partial charge in [0.2, 0.25) is 5.91 Å². The summed E-state index contributed by atoms with van der Waals surface area (Å²) in [5, 5.41) is 3.63. The topological polar surface area (TPSA) is 72.9 Å². The van der Waals surface area contributed by atoms with Gasteiger partial charge in [0, 0.05) is 57.2 Å². The number of aromatic nitrogens is 1. The summed E-state index contributed by atoms with van der Waals surface area (Å²) in [6, 6.07) is 10.9. The Labute approximate surface area is 226 Å². The Balaban J connectivity index is 1.33. The van der Waals surface area contributed by atoms with Crippen molar-refractivity contribution in [3.63, 3.8) is 0 Å². The minimum Gasteiger partial charge on any atom is -0.379 e. The van der Waals surface area contributed by atoms with E-state index in [1.54, 1.807) is 12.0 Å². The monoisotopic (exact) mass is 545 g/mol. The number of pyridine rings is 1. The van der Waals surface area contributed by atoms with Crippen LogP contribution in [0.5, 0.6) is 0 Å². The summed E-state index contributed by atoms with van der Waals surface area (Å²) in [6.45, 7) is 2.15. The van der Waals surface area contributed by atoms with Crippen molar-refractivity contribution in [1.82, 2.24) is 15.2 Å². The average Bonchev–Trinajstić information content (AvgIpc) is 3.36. The van der Waals surface area contributed by atoms with Crippen LogP contribution in [0.15, 0.2) is 54.7 Å². The summed E-state index contributed by atoms with van der Waals surface area (Å²) >= 11 is 0. The van der Waals surface area contributed by atoms with Crippen LogP contribution in [0.25, 0.3) is 0 Å². The molecule has 1 aromatic heterocycles. The molecule has 0 bridgehead atoms. The van der Waals surface area contributed by atoms with Crippen LogP contribution in [0.1, 0.15) is 35.2 Å².